The molecule has 3 aromatic rings. The van der Waals surface area contributed by atoms with Gasteiger partial charge < -0.3 is 5.32 Å². The molecule has 6 nitrogen and oxygen atoms in total. The van der Waals surface area contributed by atoms with E-state index in [1.165, 1.54) is 19.3 Å². The van der Waals surface area contributed by atoms with E-state index in [2.05, 4.69) is 5.32 Å². The van der Waals surface area contributed by atoms with E-state index in [1.54, 1.807) is 20.9 Å². The van der Waals surface area contributed by atoms with Crippen molar-refractivity contribution in [3.63, 3.8) is 0 Å². The van der Waals surface area contributed by atoms with Gasteiger partial charge in [-0.2, -0.15) is 5.10 Å². The summed E-state index contributed by atoms with van der Waals surface area (Å²) in [6, 6.07) is 13.8. The molecule has 0 bridgehead atoms. The number of aromatic nitrogens is 2. The number of amides is 2. The highest BCUT2D eigenvalue weighted by molar-refractivity contribution is 7.13. The van der Waals surface area contributed by atoms with Crippen LogP contribution in [0.3, 0.4) is 0 Å². The van der Waals surface area contributed by atoms with Crippen molar-refractivity contribution in [2.45, 2.75) is 76.9 Å². The average Bonchev–Trinajstić information content (AvgIpc) is 3.47. The molecule has 0 saturated heterocycles. The second-order valence-corrected chi connectivity index (χ2v) is 10.8. The molecule has 1 fully saturated rings. The zero-order valence-electron chi connectivity index (χ0n) is 19.9. The van der Waals surface area contributed by atoms with Crippen molar-refractivity contribution >= 4 is 28.8 Å². The predicted molar refractivity (Wildman–Crippen MR) is 136 cm³/mol. The van der Waals surface area contributed by atoms with Crippen LogP contribution >= 0.6 is 11.3 Å². The van der Waals surface area contributed by atoms with Gasteiger partial charge in [0.15, 0.2) is 0 Å². The van der Waals surface area contributed by atoms with Crippen LogP contribution in [0.2, 0.25) is 0 Å². The van der Waals surface area contributed by atoms with Crippen LogP contribution in [0.4, 0.5) is 5.69 Å². The second-order valence-electron chi connectivity index (χ2n) is 9.82. The van der Waals surface area contributed by atoms with Gasteiger partial charge in [0.1, 0.15) is 16.9 Å². The van der Waals surface area contributed by atoms with E-state index in [1.807, 2.05) is 61.7 Å². The molecule has 1 saturated carbocycles. The van der Waals surface area contributed by atoms with Crippen LogP contribution in [0, 0.1) is 6.92 Å². The summed E-state index contributed by atoms with van der Waals surface area (Å²) in [5, 5.41) is 10.1. The van der Waals surface area contributed by atoms with E-state index in [0.29, 0.717) is 12.2 Å². The van der Waals surface area contributed by atoms with Gasteiger partial charge in [-0.05, 0) is 56.3 Å². The number of carbonyl (C=O) groups is 2. The SMILES string of the molecule is Cc1ccc(N2C(=O)c3cc(-c4cccs4)nn3C[C@@]2(C)C(=O)NC2CCCCCCC2)cc1. The molecule has 5 rings (SSSR count). The molecule has 1 aromatic carbocycles. The van der Waals surface area contributed by atoms with Gasteiger partial charge in [-0.1, -0.05) is 55.9 Å². The molecule has 178 valence electrons. The molecule has 1 N–H and O–H groups in total. The Morgan fingerprint density at radius 1 is 1.09 bits per heavy atom. The van der Waals surface area contributed by atoms with Crippen molar-refractivity contribution in [3.8, 4) is 10.6 Å². The number of fused-ring (bicyclic) bond motifs is 1. The fraction of sp³-hybridized carbons (Fsp3) is 0.444. The third-order valence-electron chi connectivity index (χ3n) is 7.15. The van der Waals surface area contributed by atoms with E-state index in [-0.39, 0.29) is 17.9 Å². The Labute approximate surface area is 205 Å². The van der Waals surface area contributed by atoms with Crippen molar-refractivity contribution < 1.29 is 9.59 Å². The molecule has 0 spiro atoms. The number of rotatable bonds is 4. The van der Waals surface area contributed by atoms with Crippen LogP contribution < -0.4 is 10.2 Å². The number of hydrogen-bond donors (Lipinski definition) is 1. The molecule has 1 aliphatic heterocycles. The van der Waals surface area contributed by atoms with Crippen LogP contribution in [0.1, 0.15) is 67.9 Å². The summed E-state index contributed by atoms with van der Waals surface area (Å²) >= 11 is 1.59. The Bertz CT molecular complexity index is 1160. The number of hydrogen-bond acceptors (Lipinski definition) is 4. The molecule has 1 aliphatic carbocycles. The molecule has 2 amide bonds. The van der Waals surface area contributed by atoms with Gasteiger partial charge in [0.05, 0.1) is 11.4 Å². The van der Waals surface area contributed by atoms with Crippen LogP contribution in [-0.4, -0.2) is 33.2 Å². The van der Waals surface area contributed by atoms with Crippen molar-refractivity contribution in [2.24, 2.45) is 0 Å². The third-order valence-corrected chi connectivity index (χ3v) is 8.04. The monoisotopic (exact) mass is 476 g/mol. The summed E-state index contributed by atoms with van der Waals surface area (Å²) in [7, 11) is 0. The molecule has 34 heavy (non-hydrogen) atoms. The van der Waals surface area contributed by atoms with Crippen molar-refractivity contribution in [1.82, 2.24) is 15.1 Å². The maximum atomic E-state index is 13.9. The predicted octanol–water partition coefficient (Wildman–Crippen LogP) is 5.57. The fourth-order valence-electron chi connectivity index (χ4n) is 5.17. The van der Waals surface area contributed by atoms with E-state index in [0.717, 1.165) is 47.5 Å². The Balaban J connectivity index is 1.52. The molecule has 2 aliphatic rings. The van der Waals surface area contributed by atoms with Gasteiger partial charge in [0, 0.05) is 11.7 Å². The maximum absolute atomic E-state index is 13.9. The molecule has 0 radical (unpaired) electrons. The summed E-state index contributed by atoms with van der Waals surface area (Å²) in [5.41, 5.74) is 2.04. The Morgan fingerprint density at radius 2 is 1.79 bits per heavy atom. The van der Waals surface area contributed by atoms with E-state index < -0.39 is 5.54 Å². The molecule has 1 atom stereocenters. The second kappa shape index (κ2) is 9.37. The highest BCUT2D eigenvalue weighted by atomic mass is 32.1. The summed E-state index contributed by atoms with van der Waals surface area (Å²) in [5.74, 6) is -0.299. The standard InChI is InChI=1S/C27H32N4O2S/c1-19-12-14-21(15-13-19)31-25(32)23-17-22(24-11-8-16-34-24)29-30(23)18-27(31,2)26(33)28-20-9-6-4-3-5-7-10-20/h8,11-17,20H,3-7,9-10,18H2,1-2H3,(H,28,33)/t27-/m0/s1. The van der Waals surface area contributed by atoms with Crippen molar-refractivity contribution in [1.29, 1.82) is 0 Å². The zero-order valence-corrected chi connectivity index (χ0v) is 20.7. The van der Waals surface area contributed by atoms with Crippen LogP contribution in [0.5, 0.6) is 0 Å². The summed E-state index contributed by atoms with van der Waals surface area (Å²) < 4.78 is 1.72. The lowest BCUT2D eigenvalue weighted by Gasteiger charge is -2.43. The molecule has 3 heterocycles. The number of anilines is 1. The fourth-order valence-corrected chi connectivity index (χ4v) is 5.85. The first-order valence-corrected chi connectivity index (χ1v) is 13.2. The lowest BCUT2D eigenvalue weighted by Crippen LogP contribution is -2.65. The van der Waals surface area contributed by atoms with Crippen molar-refractivity contribution in [2.75, 3.05) is 4.90 Å². The normalized spacial score (nSPS) is 21.6. The molecule has 2 aromatic heterocycles. The molecule has 7 heteroatoms. The average molecular weight is 477 g/mol. The van der Waals surface area contributed by atoms with E-state index in [9.17, 15) is 9.59 Å². The van der Waals surface area contributed by atoms with Gasteiger partial charge in [0.25, 0.3) is 5.91 Å². The minimum absolute atomic E-state index is 0.106. The maximum Gasteiger partial charge on any atom is 0.277 e. The van der Waals surface area contributed by atoms with Crippen LogP contribution in [0.25, 0.3) is 10.6 Å². The lowest BCUT2D eigenvalue weighted by molar-refractivity contribution is -0.127. The van der Waals surface area contributed by atoms with E-state index in [4.69, 9.17) is 5.10 Å². The van der Waals surface area contributed by atoms with Gasteiger partial charge in [0.2, 0.25) is 5.91 Å². The number of thiophene rings is 1. The largest absolute Gasteiger partial charge is 0.351 e. The Hall–Kier alpha value is -2.93. The molecular weight excluding hydrogens is 444 g/mol. The Kier molecular flexibility index (Phi) is 6.30. The minimum atomic E-state index is -1.08. The zero-order chi connectivity index (χ0) is 23.7. The van der Waals surface area contributed by atoms with Crippen molar-refractivity contribution in [3.05, 3.63) is 59.1 Å². The highest BCUT2D eigenvalue weighted by Crippen LogP contribution is 2.35. The first-order valence-electron chi connectivity index (χ1n) is 12.3. The van der Waals surface area contributed by atoms with E-state index >= 15 is 0 Å². The van der Waals surface area contributed by atoms with Gasteiger partial charge in [-0.3, -0.25) is 19.2 Å². The highest BCUT2D eigenvalue weighted by Gasteiger charge is 2.49. The smallest absolute Gasteiger partial charge is 0.277 e. The summed E-state index contributed by atoms with van der Waals surface area (Å²) in [6.45, 7) is 4.20. The first kappa shape index (κ1) is 22.8. The van der Waals surface area contributed by atoms with Crippen LogP contribution in [-0.2, 0) is 11.3 Å². The molecule has 0 unspecified atom stereocenters. The van der Waals surface area contributed by atoms with Gasteiger partial charge >= 0.3 is 0 Å². The number of nitrogens with zero attached hydrogens (tertiary/aromatic N) is 3. The Morgan fingerprint density at radius 3 is 2.47 bits per heavy atom. The number of carbonyl (C=O) groups excluding carboxylic acids is 2. The van der Waals surface area contributed by atoms with Gasteiger partial charge in [-0.25, -0.2) is 0 Å². The molecular formula is C27H32N4O2S. The topological polar surface area (TPSA) is 67.2 Å². The lowest BCUT2D eigenvalue weighted by atomic mass is 9.91. The first-order chi connectivity index (χ1) is 16.5. The number of nitrogens with one attached hydrogen (secondary N) is 1. The van der Waals surface area contributed by atoms with Crippen LogP contribution in [0.15, 0.2) is 47.8 Å². The minimum Gasteiger partial charge on any atom is -0.351 e. The quantitative estimate of drug-likeness (QED) is 0.535. The number of aryl methyl sites for hydroxylation is 1. The van der Waals surface area contributed by atoms with Gasteiger partial charge in [-0.15, -0.1) is 11.3 Å². The third kappa shape index (κ3) is 4.29. The summed E-state index contributed by atoms with van der Waals surface area (Å²) in [4.78, 5) is 30.5. The number of benzene rings is 1. The summed E-state index contributed by atoms with van der Waals surface area (Å²) in [6.07, 6.45) is 7.99.